The number of para-hydroxylation sites is 1. The van der Waals surface area contributed by atoms with E-state index in [1.165, 1.54) is 12.1 Å². The van der Waals surface area contributed by atoms with Crippen molar-refractivity contribution in [2.75, 3.05) is 11.4 Å². The second kappa shape index (κ2) is 6.01. The van der Waals surface area contributed by atoms with Gasteiger partial charge in [0.25, 0.3) is 5.89 Å². The zero-order valence-corrected chi connectivity index (χ0v) is 14.1. The highest BCUT2D eigenvalue weighted by Gasteiger charge is 2.35. The lowest BCUT2D eigenvalue weighted by atomic mass is 10.1. The summed E-state index contributed by atoms with van der Waals surface area (Å²) in [6, 6.07) is 13.6. The highest BCUT2D eigenvalue weighted by molar-refractivity contribution is 5.96. The van der Waals surface area contributed by atoms with E-state index in [0.717, 1.165) is 10.9 Å². The molecule has 134 valence electrons. The summed E-state index contributed by atoms with van der Waals surface area (Å²) in [7, 11) is 0. The average molecular weight is 363 g/mol. The van der Waals surface area contributed by atoms with Crippen molar-refractivity contribution >= 4 is 22.5 Å². The van der Waals surface area contributed by atoms with Crippen LogP contribution in [0.1, 0.15) is 18.2 Å². The summed E-state index contributed by atoms with van der Waals surface area (Å²) in [5, 5.41) is 12.1. The number of H-pyrrole nitrogens is 1. The van der Waals surface area contributed by atoms with Crippen LogP contribution in [0.5, 0.6) is 0 Å². The number of benzene rings is 2. The summed E-state index contributed by atoms with van der Waals surface area (Å²) in [5.74, 6) is 0.0603. The number of halogens is 1. The molecule has 0 aliphatic carbocycles. The molecule has 1 aliphatic heterocycles. The molecule has 0 bridgehead atoms. The molecule has 0 radical (unpaired) electrons. The van der Waals surface area contributed by atoms with E-state index in [4.69, 9.17) is 4.52 Å². The number of carbonyl (C=O) groups is 1. The Hall–Kier alpha value is -3.55. The number of hydrogen-bond acceptors (Lipinski definition) is 5. The summed E-state index contributed by atoms with van der Waals surface area (Å²) in [4.78, 5) is 18.4. The number of aromatic amines is 1. The Morgan fingerprint density at radius 3 is 2.96 bits per heavy atom. The summed E-state index contributed by atoms with van der Waals surface area (Å²) in [6.07, 6.45) is 0.247. The SMILES string of the molecule is O=C1CC(c2noc(-c3n[nH]c4ccccc34)n2)CN1c1cccc(F)c1. The predicted octanol–water partition coefficient (Wildman–Crippen LogP) is 3.27. The molecule has 1 saturated heterocycles. The minimum Gasteiger partial charge on any atom is -0.332 e. The number of hydrogen-bond donors (Lipinski definition) is 1. The van der Waals surface area contributed by atoms with Gasteiger partial charge < -0.3 is 9.42 Å². The Labute approximate surface area is 152 Å². The molecule has 4 aromatic rings. The first-order valence-electron chi connectivity index (χ1n) is 8.52. The van der Waals surface area contributed by atoms with Gasteiger partial charge in [-0.1, -0.05) is 29.4 Å². The van der Waals surface area contributed by atoms with Gasteiger partial charge in [0.15, 0.2) is 11.5 Å². The molecule has 1 atom stereocenters. The molecule has 3 heterocycles. The molecule has 1 aliphatic rings. The molecule has 27 heavy (non-hydrogen) atoms. The number of nitrogens with zero attached hydrogens (tertiary/aromatic N) is 4. The van der Waals surface area contributed by atoms with Crippen molar-refractivity contribution in [3.8, 4) is 11.6 Å². The Morgan fingerprint density at radius 1 is 1.19 bits per heavy atom. The summed E-state index contributed by atoms with van der Waals surface area (Å²) in [6.45, 7) is 0.378. The number of amides is 1. The Bertz CT molecular complexity index is 1150. The molecule has 2 aromatic carbocycles. The van der Waals surface area contributed by atoms with Crippen LogP contribution in [0.3, 0.4) is 0 Å². The third-order valence-electron chi connectivity index (χ3n) is 4.72. The normalized spacial score (nSPS) is 17.1. The van der Waals surface area contributed by atoms with Gasteiger partial charge in [-0.15, -0.1) is 0 Å². The zero-order chi connectivity index (χ0) is 18.4. The van der Waals surface area contributed by atoms with Crippen LogP contribution < -0.4 is 4.90 Å². The van der Waals surface area contributed by atoms with Gasteiger partial charge in [0.2, 0.25) is 5.91 Å². The van der Waals surface area contributed by atoms with Gasteiger partial charge in [-0.2, -0.15) is 10.1 Å². The smallest absolute Gasteiger partial charge is 0.279 e. The van der Waals surface area contributed by atoms with Crippen LogP contribution in [0.4, 0.5) is 10.1 Å². The van der Waals surface area contributed by atoms with Crippen molar-refractivity contribution in [2.45, 2.75) is 12.3 Å². The van der Waals surface area contributed by atoms with Gasteiger partial charge in [-0.3, -0.25) is 9.89 Å². The average Bonchev–Trinajstić information content (AvgIpc) is 3.39. The number of fused-ring (bicyclic) bond motifs is 1. The molecular formula is C19H14FN5O2. The highest BCUT2D eigenvalue weighted by Crippen LogP contribution is 2.32. The van der Waals surface area contributed by atoms with Gasteiger partial charge in [0.05, 0.1) is 5.52 Å². The molecule has 1 unspecified atom stereocenters. The van der Waals surface area contributed by atoms with Crippen LogP contribution in [0.2, 0.25) is 0 Å². The topological polar surface area (TPSA) is 87.9 Å². The molecule has 8 heteroatoms. The Kier molecular flexibility index (Phi) is 3.49. The van der Waals surface area contributed by atoms with E-state index < -0.39 is 0 Å². The number of aromatic nitrogens is 4. The van der Waals surface area contributed by atoms with Crippen LogP contribution >= 0.6 is 0 Å². The van der Waals surface area contributed by atoms with Crippen LogP contribution in [0, 0.1) is 5.82 Å². The molecule has 1 amide bonds. The quantitative estimate of drug-likeness (QED) is 0.603. The van der Waals surface area contributed by atoms with Crippen molar-refractivity contribution in [2.24, 2.45) is 0 Å². The van der Waals surface area contributed by atoms with E-state index in [1.54, 1.807) is 17.0 Å². The molecule has 0 spiro atoms. The van der Waals surface area contributed by atoms with E-state index in [0.29, 0.717) is 29.6 Å². The van der Waals surface area contributed by atoms with Crippen LogP contribution in [-0.4, -0.2) is 32.8 Å². The van der Waals surface area contributed by atoms with Gasteiger partial charge in [-0.05, 0) is 24.3 Å². The van der Waals surface area contributed by atoms with E-state index in [9.17, 15) is 9.18 Å². The van der Waals surface area contributed by atoms with E-state index in [-0.39, 0.29) is 24.1 Å². The van der Waals surface area contributed by atoms with Gasteiger partial charge in [-0.25, -0.2) is 4.39 Å². The second-order valence-corrected chi connectivity index (χ2v) is 6.46. The maximum absolute atomic E-state index is 13.5. The first-order chi connectivity index (χ1) is 13.2. The minimum atomic E-state index is -0.379. The molecular weight excluding hydrogens is 349 g/mol. The third kappa shape index (κ3) is 2.66. The lowest BCUT2D eigenvalue weighted by molar-refractivity contribution is -0.117. The van der Waals surface area contributed by atoms with E-state index >= 15 is 0 Å². The third-order valence-corrected chi connectivity index (χ3v) is 4.72. The van der Waals surface area contributed by atoms with Crippen LogP contribution in [0.25, 0.3) is 22.5 Å². The monoisotopic (exact) mass is 363 g/mol. The maximum atomic E-state index is 13.5. The molecule has 2 aromatic heterocycles. The predicted molar refractivity (Wildman–Crippen MR) is 95.5 cm³/mol. The molecule has 1 N–H and O–H groups in total. The van der Waals surface area contributed by atoms with Crippen molar-refractivity contribution in [1.29, 1.82) is 0 Å². The zero-order valence-electron chi connectivity index (χ0n) is 14.1. The fourth-order valence-corrected chi connectivity index (χ4v) is 3.40. The number of rotatable bonds is 3. The van der Waals surface area contributed by atoms with Crippen molar-refractivity contribution in [3.63, 3.8) is 0 Å². The molecule has 1 fully saturated rings. The van der Waals surface area contributed by atoms with Gasteiger partial charge >= 0.3 is 0 Å². The largest absolute Gasteiger partial charge is 0.332 e. The first-order valence-corrected chi connectivity index (χ1v) is 8.52. The number of anilines is 1. The highest BCUT2D eigenvalue weighted by atomic mass is 19.1. The second-order valence-electron chi connectivity index (χ2n) is 6.46. The summed E-state index contributed by atoms with van der Waals surface area (Å²) >= 11 is 0. The molecule has 0 saturated carbocycles. The Balaban J connectivity index is 1.43. The van der Waals surface area contributed by atoms with Crippen molar-refractivity contribution in [3.05, 3.63) is 60.2 Å². The van der Waals surface area contributed by atoms with E-state index in [2.05, 4.69) is 20.3 Å². The van der Waals surface area contributed by atoms with Crippen molar-refractivity contribution < 1.29 is 13.7 Å². The standard InChI is InChI=1S/C19H14FN5O2/c20-12-4-3-5-13(9-12)25-10-11(8-16(25)26)18-21-19(27-24-18)17-14-6-1-2-7-15(14)22-23-17/h1-7,9,11H,8,10H2,(H,22,23). The summed E-state index contributed by atoms with van der Waals surface area (Å²) < 4.78 is 18.9. The number of nitrogens with one attached hydrogen (secondary N) is 1. The van der Waals surface area contributed by atoms with E-state index in [1.807, 2.05) is 24.3 Å². The minimum absolute atomic E-state index is 0.0952. The fourth-order valence-electron chi connectivity index (χ4n) is 3.40. The number of carbonyl (C=O) groups excluding carboxylic acids is 1. The Morgan fingerprint density at radius 2 is 2.07 bits per heavy atom. The van der Waals surface area contributed by atoms with Gasteiger partial charge in [0.1, 0.15) is 5.82 Å². The van der Waals surface area contributed by atoms with Crippen LogP contribution in [-0.2, 0) is 4.79 Å². The van der Waals surface area contributed by atoms with Gasteiger partial charge in [0, 0.05) is 30.0 Å². The fraction of sp³-hybridized carbons (Fsp3) is 0.158. The summed E-state index contributed by atoms with van der Waals surface area (Å²) in [5.41, 5.74) is 1.99. The molecule has 7 nitrogen and oxygen atoms in total. The van der Waals surface area contributed by atoms with Crippen LogP contribution in [0.15, 0.2) is 53.1 Å². The maximum Gasteiger partial charge on any atom is 0.279 e. The lowest BCUT2D eigenvalue weighted by Gasteiger charge is -2.15. The van der Waals surface area contributed by atoms with Crippen molar-refractivity contribution in [1.82, 2.24) is 20.3 Å². The molecule has 5 rings (SSSR count). The first kappa shape index (κ1) is 15.7. The lowest BCUT2D eigenvalue weighted by Crippen LogP contribution is -2.24.